The Labute approximate surface area is 41.4 Å². The lowest BCUT2D eigenvalue weighted by Crippen LogP contribution is -1.80. The molecule has 0 heterocycles. The fraction of sp³-hybridized carbons (Fsp3) is 0. The molecule has 24 valence electrons. The highest BCUT2D eigenvalue weighted by Gasteiger charge is 1.89. The minimum Gasteiger partial charge on any atom is -0.432 e. The molecule has 0 fully saturated rings. The fourth-order valence-corrected chi connectivity index (χ4v) is 0. The third-order valence-electron chi connectivity index (χ3n) is 0. The van der Waals surface area contributed by atoms with Crippen molar-refractivity contribution < 1.29 is 5.02 Å². The number of hydrogen-bond acceptors (Lipinski definition) is 1. The summed E-state index contributed by atoms with van der Waals surface area (Å²) in [6, 6.07) is 0. The molecule has 0 aliphatic rings. The molecule has 0 bridgehead atoms. The zero-order valence-electron chi connectivity index (χ0n) is 1.78. The molecule has 0 rings (SSSR count). The van der Waals surface area contributed by atoms with Crippen LogP contribution >= 0.6 is 31.5 Å². The average molecular weight is 188 g/mol. The predicted molar refractivity (Wildman–Crippen MR) is 25.8 cm³/mol. The quantitative estimate of drug-likeness (QED) is 0.555. The van der Waals surface area contributed by atoms with Crippen LogP contribution in [-0.2, 0) is 0 Å². The van der Waals surface area contributed by atoms with E-state index in [1.165, 1.54) is 0 Å². The van der Waals surface area contributed by atoms with Crippen LogP contribution in [0.5, 0.6) is 0 Å². The first-order valence-electron chi connectivity index (χ1n) is 0.695. The van der Waals surface area contributed by atoms with Crippen molar-refractivity contribution in [3.05, 3.63) is 0 Å². The van der Waals surface area contributed by atoms with E-state index >= 15 is 0 Å². The third kappa shape index (κ3) is 12.1. The Balaban J connectivity index is 2.32. The second kappa shape index (κ2) is 2.24. The van der Waals surface area contributed by atoms with Gasteiger partial charge < -0.3 is 5.02 Å². The van der Waals surface area contributed by atoms with Crippen molar-refractivity contribution >= 4 is 36.1 Å². The molecule has 0 spiro atoms. The molecule has 0 aromatic carbocycles. The summed E-state index contributed by atoms with van der Waals surface area (Å²) < 4.78 is -0.542. The van der Waals surface area contributed by atoms with Gasteiger partial charge >= 0.3 is 4.56 Å². The van der Waals surface area contributed by atoms with Crippen LogP contribution in [-0.4, -0.2) is 9.59 Å². The van der Waals surface area contributed by atoms with Gasteiger partial charge in [0.2, 0.25) is 0 Å². The maximum atomic E-state index is 7.89. The monoisotopic (exact) mass is 186 g/mol. The molecule has 1 nitrogen and oxygen atoms in total. The van der Waals surface area contributed by atoms with Gasteiger partial charge in [0.25, 0.3) is 0 Å². The molecule has 1 N–H and O–H groups in total. The number of halogens is 2. The number of rotatable bonds is 0. The first-order valence-corrected chi connectivity index (χ1v) is 2.53. The van der Waals surface area contributed by atoms with E-state index in [0.717, 1.165) is 0 Å². The molecule has 0 aromatic rings. The molecule has 4 heteroatoms. The zero-order chi connectivity index (χ0) is 3.58. The van der Waals surface area contributed by atoms with Crippen molar-refractivity contribution in [2.24, 2.45) is 0 Å². The van der Waals surface area contributed by atoms with Crippen LogP contribution < -0.4 is 0 Å². The van der Waals surface area contributed by atoms with Gasteiger partial charge in [-0.3, -0.25) is 0 Å². The normalized spacial score (nSPS) is 6.75. The summed E-state index contributed by atoms with van der Waals surface area (Å²) in [6.07, 6.45) is 0. The Morgan fingerprint density at radius 3 is 1.50 bits per heavy atom. The highest BCUT2D eigenvalue weighted by molar-refractivity contribution is 9.48. The summed E-state index contributed by atoms with van der Waals surface area (Å²) in [7, 11) is 0. The van der Waals surface area contributed by atoms with E-state index in [-0.39, 0.29) is 0 Å². The van der Waals surface area contributed by atoms with Crippen molar-refractivity contribution in [2.75, 3.05) is 0 Å². The first kappa shape index (κ1) is 4.98. The predicted octanol–water partition coefficient (Wildman–Crippen LogP) is 0.753. The van der Waals surface area contributed by atoms with Crippen molar-refractivity contribution in [2.45, 2.75) is 0 Å². The largest absolute Gasteiger partial charge is 0.447 e. The molecule has 0 saturated heterocycles. The summed E-state index contributed by atoms with van der Waals surface area (Å²) in [5.41, 5.74) is 0. The minimum atomic E-state index is -0.542. The lowest BCUT2D eigenvalue weighted by Gasteiger charge is -1.66. The summed E-state index contributed by atoms with van der Waals surface area (Å²) in [4.78, 5) is 0. The van der Waals surface area contributed by atoms with Crippen molar-refractivity contribution in [3.63, 3.8) is 0 Å². The van der Waals surface area contributed by atoms with E-state index in [9.17, 15) is 0 Å². The van der Waals surface area contributed by atoms with Crippen molar-refractivity contribution in [1.29, 1.82) is 0 Å². The van der Waals surface area contributed by atoms with Crippen LogP contribution in [0.2, 0.25) is 0 Å². The van der Waals surface area contributed by atoms with E-state index < -0.39 is 4.56 Å². The Morgan fingerprint density at radius 1 is 1.50 bits per heavy atom. The van der Waals surface area contributed by atoms with E-state index in [2.05, 4.69) is 31.5 Å². The maximum Gasteiger partial charge on any atom is 0.447 e. The Kier molecular flexibility index (Phi) is 2.79. The Hall–Kier alpha value is 0.985. The second-order valence-corrected chi connectivity index (χ2v) is 3.24. The smallest absolute Gasteiger partial charge is 0.432 e. The Morgan fingerprint density at radius 2 is 1.50 bits per heavy atom. The SMILES string of the molecule is OB(Br)Br. The van der Waals surface area contributed by atoms with E-state index in [1.807, 2.05) is 0 Å². The molecule has 0 unspecified atom stereocenters. The first-order chi connectivity index (χ1) is 1.73. The average Bonchev–Trinajstić information content (AvgIpc) is 0.811. The van der Waals surface area contributed by atoms with Crippen LogP contribution in [0.4, 0.5) is 0 Å². The molecule has 0 saturated carbocycles. The molecule has 0 aliphatic heterocycles. The van der Waals surface area contributed by atoms with Crippen LogP contribution in [0.1, 0.15) is 0 Å². The lowest BCUT2D eigenvalue weighted by molar-refractivity contribution is 0.620. The fourth-order valence-electron chi connectivity index (χ4n) is 0. The van der Waals surface area contributed by atoms with Gasteiger partial charge in [0.05, 0.1) is 0 Å². The van der Waals surface area contributed by atoms with Crippen molar-refractivity contribution in [3.8, 4) is 0 Å². The second-order valence-electron chi connectivity index (χ2n) is 0.278. The van der Waals surface area contributed by atoms with Crippen LogP contribution in [0, 0.1) is 0 Å². The van der Waals surface area contributed by atoms with Gasteiger partial charge in [0, 0.05) is 0 Å². The van der Waals surface area contributed by atoms with E-state index in [0.29, 0.717) is 0 Å². The van der Waals surface area contributed by atoms with Crippen LogP contribution in [0.15, 0.2) is 0 Å². The highest BCUT2D eigenvalue weighted by atomic mass is 79.9. The molecule has 0 radical (unpaired) electrons. The standard InChI is InChI=1S/BBr2HO/c2-1(3)4/h4H. The zero-order valence-corrected chi connectivity index (χ0v) is 4.95. The number of hydrogen-bond donors (Lipinski definition) is 1. The topological polar surface area (TPSA) is 20.2 Å². The summed E-state index contributed by atoms with van der Waals surface area (Å²) in [6.45, 7) is 0. The van der Waals surface area contributed by atoms with Gasteiger partial charge in [0.15, 0.2) is 0 Å². The van der Waals surface area contributed by atoms with Gasteiger partial charge in [0.1, 0.15) is 0 Å². The summed E-state index contributed by atoms with van der Waals surface area (Å²) in [5, 5.41) is 7.89. The Bertz CT molecular complexity index is 10.8. The molecule has 0 aliphatic carbocycles. The van der Waals surface area contributed by atoms with Gasteiger partial charge in [-0.15, -0.1) is 31.5 Å². The molecule has 0 aromatic heterocycles. The summed E-state index contributed by atoms with van der Waals surface area (Å²) in [5.74, 6) is 0. The molecular weight excluding hydrogens is 187 g/mol. The minimum absolute atomic E-state index is 0.542. The lowest BCUT2D eigenvalue weighted by atomic mass is 10.6. The van der Waals surface area contributed by atoms with Gasteiger partial charge in [-0.2, -0.15) is 0 Å². The van der Waals surface area contributed by atoms with Gasteiger partial charge in [-0.25, -0.2) is 0 Å². The highest BCUT2D eigenvalue weighted by Crippen LogP contribution is 1.93. The van der Waals surface area contributed by atoms with Gasteiger partial charge in [-0.1, -0.05) is 0 Å². The van der Waals surface area contributed by atoms with E-state index in [1.54, 1.807) is 0 Å². The molecule has 0 amide bonds. The third-order valence-corrected chi connectivity index (χ3v) is 0. The summed E-state index contributed by atoms with van der Waals surface area (Å²) >= 11 is 5.49. The molecule has 4 heavy (non-hydrogen) atoms. The molecular formula is HBBr2O. The van der Waals surface area contributed by atoms with Crippen LogP contribution in [0.25, 0.3) is 0 Å². The van der Waals surface area contributed by atoms with Crippen LogP contribution in [0.3, 0.4) is 0 Å². The van der Waals surface area contributed by atoms with E-state index in [4.69, 9.17) is 5.02 Å². The maximum absolute atomic E-state index is 7.89. The molecule has 0 atom stereocenters. The van der Waals surface area contributed by atoms with Gasteiger partial charge in [-0.05, 0) is 0 Å². The van der Waals surface area contributed by atoms with Crippen molar-refractivity contribution in [1.82, 2.24) is 0 Å².